The minimum Gasteiger partial charge on any atom is -0.460 e. The molecule has 0 saturated carbocycles. The maximum atomic E-state index is 13.0. The van der Waals surface area contributed by atoms with Crippen LogP contribution in [-0.4, -0.2) is 42.2 Å². The molecule has 178 valence electrons. The molecule has 4 aromatic rings. The number of hydrogen-bond acceptors (Lipinski definition) is 7. The molecule has 0 saturated heterocycles. The van der Waals surface area contributed by atoms with E-state index < -0.39 is 0 Å². The second kappa shape index (κ2) is 9.13. The quantitative estimate of drug-likeness (QED) is 0.480. The van der Waals surface area contributed by atoms with E-state index in [2.05, 4.69) is 25.5 Å². The van der Waals surface area contributed by atoms with Crippen LogP contribution in [0.3, 0.4) is 0 Å². The minimum atomic E-state index is -0.328. The van der Waals surface area contributed by atoms with Gasteiger partial charge in [-0.15, -0.1) is 10.2 Å². The lowest BCUT2D eigenvalue weighted by Crippen LogP contribution is -2.39. The van der Waals surface area contributed by atoms with Crippen molar-refractivity contribution in [2.45, 2.75) is 39.8 Å². The van der Waals surface area contributed by atoms with Gasteiger partial charge in [0.05, 0.1) is 12.2 Å². The van der Waals surface area contributed by atoms with Crippen LogP contribution >= 0.6 is 0 Å². The number of furan rings is 1. The molecule has 4 aromatic heterocycles. The van der Waals surface area contributed by atoms with Crippen LogP contribution in [0.5, 0.6) is 0 Å². The summed E-state index contributed by atoms with van der Waals surface area (Å²) in [5.41, 5.74) is 3.46. The van der Waals surface area contributed by atoms with Gasteiger partial charge in [0.1, 0.15) is 17.1 Å². The largest absolute Gasteiger partial charge is 0.460 e. The van der Waals surface area contributed by atoms with Crippen LogP contribution in [0.1, 0.15) is 36.9 Å². The van der Waals surface area contributed by atoms with Gasteiger partial charge in [-0.25, -0.2) is 9.78 Å². The van der Waals surface area contributed by atoms with Crippen molar-refractivity contribution in [2.75, 3.05) is 11.9 Å². The van der Waals surface area contributed by atoms with E-state index >= 15 is 0 Å². The molecule has 1 aliphatic rings. The molecule has 0 aliphatic carbocycles. The fourth-order valence-corrected chi connectivity index (χ4v) is 4.06. The van der Waals surface area contributed by atoms with E-state index in [-0.39, 0.29) is 23.6 Å². The SMILES string of the molecule is Cc1ccc(-c2nc(NC(=O)N3CCc4cccnc4C3)nnc2-c2ccc(=O)n(C(C)C)c2)o1. The molecule has 0 fully saturated rings. The highest BCUT2D eigenvalue weighted by molar-refractivity contribution is 5.88. The first kappa shape index (κ1) is 22.5. The fourth-order valence-electron chi connectivity index (χ4n) is 4.06. The first-order chi connectivity index (χ1) is 16.9. The highest BCUT2D eigenvalue weighted by Gasteiger charge is 2.23. The number of carbonyl (C=O) groups is 1. The number of hydrogen-bond donors (Lipinski definition) is 1. The Morgan fingerprint density at radius 3 is 2.74 bits per heavy atom. The summed E-state index contributed by atoms with van der Waals surface area (Å²) in [7, 11) is 0. The highest BCUT2D eigenvalue weighted by atomic mass is 16.3. The normalized spacial score (nSPS) is 13.1. The summed E-state index contributed by atoms with van der Waals surface area (Å²) in [6.07, 6.45) is 4.19. The maximum absolute atomic E-state index is 13.0. The van der Waals surface area contributed by atoms with Gasteiger partial charge in [-0.3, -0.25) is 15.1 Å². The zero-order valence-corrected chi connectivity index (χ0v) is 19.7. The van der Waals surface area contributed by atoms with E-state index in [1.165, 1.54) is 6.07 Å². The number of nitrogens with zero attached hydrogens (tertiary/aromatic N) is 6. The zero-order valence-electron chi connectivity index (χ0n) is 19.7. The number of amides is 2. The monoisotopic (exact) mass is 471 g/mol. The predicted octanol–water partition coefficient (Wildman–Crippen LogP) is 3.83. The molecule has 1 aliphatic heterocycles. The van der Waals surface area contributed by atoms with Crippen LogP contribution in [0.4, 0.5) is 10.7 Å². The predicted molar refractivity (Wildman–Crippen MR) is 130 cm³/mol. The molecule has 5 heterocycles. The molecule has 0 radical (unpaired) electrons. The fraction of sp³-hybridized carbons (Fsp3) is 0.280. The summed E-state index contributed by atoms with van der Waals surface area (Å²) in [5, 5.41) is 11.3. The number of nitrogens with one attached hydrogen (secondary N) is 1. The van der Waals surface area contributed by atoms with Gasteiger partial charge < -0.3 is 13.9 Å². The number of pyridine rings is 2. The molecule has 10 nitrogen and oxygen atoms in total. The number of fused-ring (bicyclic) bond motifs is 1. The number of carbonyl (C=O) groups excluding carboxylic acids is 1. The third-order valence-electron chi connectivity index (χ3n) is 5.91. The Morgan fingerprint density at radius 1 is 1.11 bits per heavy atom. The number of rotatable bonds is 4. The standard InChI is InChI=1S/C25H25N7O3/c1-15(2)32-13-18(7-9-21(32)33)22-23(20-8-6-16(3)35-20)27-24(30-29-22)28-25(34)31-12-10-17-5-4-11-26-19(17)14-31/h4-9,11,13,15H,10,12,14H2,1-3H3,(H,27,28,30,34). The van der Waals surface area contributed by atoms with Crippen LogP contribution < -0.4 is 10.9 Å². The second-order valence-electron chi connectivity index (χ2n) is 8.71. The summed E-state index contributed by atoms with van der Waals surface area (Å²) >= 11 is 0. The Kier molecular flexibility index (Phi) is 5.86. The average molecular weight is 472 g/mol. The lowest BCUT2D eigenvalue weighted by Gasteiger charge is -2.27. The van der Waals surface area contributed by atoms with Gasteiger partial charge in [0.2, 0.25) is 0 Å². The van der Waals surface area contributed by atoms with Gasteiger partial charge in [-0.2, -0.15) is 0 Å². The average Bonchev–Trinajstić information content (AvgIpc) is 3.30. The Bertz CT molecular complexity index is 1460. The Labute approximate surface area is 201 Å². The smallest absolute Gasteiger partial charge is 0.324 e. The molecular formula is C25H25N7O3. The summed E-state index contributed by atoms with van der Waals surface area (Å²) in [6, 6.07) is 10.4. The zero-order chi connectivity index (χ0) is 24.5. The van der Waals surface area contributed by atoms with Gasteiger partial charge in [0.15, 0.2) is 5.76 Å². The van der Waals surface area contributed by atoms with Crippen molar-refractivity contribution in [3.8, 4) is 22.7 Å². The molecule has 35 heavy (non-hydrogen) atoms. The first-order valence-electron chi connectivity index (χ1n) is 11.4. The summed E-state index contributed by atoms with van der Waals surface area (Å²) in [5.74, 6) is 1.26. The molecule has 2 amide bonds. The van der Waals surface area contributed by atoms with Gasteiger partial charge >= 0.3 is 6.03 Å². The van der Waals surface area contributed by atoms with E-state index in [0.717, 1.165) is 17.7 Å². The molecule has 1 N–H and O–H groups in total. The van der Waals surface area contributed by atoms with Crippen molar-refractivity contribution in [2.24, 2.45) is 0 Å². The van der Waals surface area contributed by atoms with Crippen LogP contribution in [0.2, 0.25) is 0 Å². The van der Waals surface area contributed by atoms with Gasteiger partial charge in [0.25, 0.3) is 11.5 Å². The van der Waals surface area contributed by atoms with Crippen molar-refractivity contribution in [3.05, 3.63) is 76.2 Å². The van der Waals surface area contributed by atoms with Crippen LogP contribution in [-0.2, 0) is 13.0 Å². The van der Waals surface area contributed by atoms with Gasteiger partial charge in [-0.1, -0.05) is 6.07 Å². The molecule has 0 aromatic carbocycles. The number of aromatic nitrogens is 5. The molecule has 0 unspecified atom stereocenters. The van der Waals surface area contributed by atoms with Crippen LogP contribution in [0.15, 0.2) is 58.0 Å². The van der Waals surface area contributed by atoms with Crippen molar-refractivity contribution < 1.29 is 9.21 Å². The maximum Gasteiger partial charge on any atom is 0.324 e. The third kappa shape index (κ3) is 4.54. The van der Waals surface area contributed by atoms with Crippen molar-refractivity contribution in [1.29, 1.82) is 0 Å². The Hall–Kier alpha value is -4.34. The summed E-state index contributed by atoms with van der Waals surface area (Å²) < 4.78 is 7.44. The van der Waals surface area contributed by atoms with Crippen molar-refractivity contribution >= 4 is 12.0 Å². The van der Waals surface area contributed by atoms with Crippen LogP contribution in [0, 0.1) is 6.92 Å². The topological polar surface area (TPSA) is 119 Å². The molecule has 0 spiro atoms. The van der Waals surface area contributed by atoms with E-state index in [1.807, 2.05) is 39.0 Å². The molecular weight excluding hydrogens is 446 g/mol. The Balaban J connectivity index is 1.47. The van der Waals surface area contributed by atoms with Crippen LogP contribution in [0.25, 0.3) is 22.7 Å². The molecule has 0 bridgehead atoms. The Morgan fingerprint density at radius 2 is 1.97 bits per heavy atom. The van der Waals surface area contributed by atoms with E-state index in [9.17, 15) is 9.59 Å². The third-order valence-corrected chi connectivity index (χ3v) is 5.91. The number of urea groups is 1. The van der Waals surface area contributed by atoms with Gasteiger partial charge in [-0.05, 0) is 57.0 Å². The van der Waals surface area contributed by atoms with E-state index in [1.54, 1.807) is 34.0 Å². The minimum absolute atomic E-state index is 0.0274. The summed E-state index contributed by atoms with van der Waals surface area (Å²) in [6.45, 7) is 6.67. The lowest BCUT2D eigenvalue weighted by molar-refractivity contribution is 0.205. The first-order valence-corrected chi connectivity index (χ1v) is 11.4. The van der Waals surface area contributed by atoms with E-state index in [0.29, 0.717) is 41.6 Å². The molecule has 10 heteroatoms. The summed E-state index contributed by atoms with van der Waals surface area (Å²) in [4.78, 5) is 35.8. The second-order valence-corrected chi connectivity index (χ2v) is 8.71. The van der Waals surface area contributed by atoms with Crippen molar-refractivity contribution in [3.63, 3.8) is 0 Å². The highest BCUT2D eigenvalue weighted by Crippen LogP contribution is 2.30. The molecule has 5 rings (SSSR count). The number of anilines is 1. The molecule has 0 atom stereocenters. The van der Waals surface area contributed by atoms with Crippen molar-refractivity contribution in [1.82, 2.24) is 29.6 Å². The van der Waals surface area contributed by atoms with Gasteiger partial charge in [0, 0.05) is 36.6 Å². The number of aryl methyl sites for hydroxylation is 1. The van der Waals surface area contributed by atoms with E-state index in [4.69, 9.17) is 4.42 Å². The lowest BCUT2D eigenvalue weighted by atomic mass is 10.1.